The number of nitrogens with one attached hydrogen (secondary N) is 1. The molecule has 0 aliphatic carbocycles. The monoisotopic (exact) mass is 295 g/mol. The molecular weight excluding hydrogens is 278 g/mol. The van der Waals surface area contributed by atoms with Crippen LogP contribution in [0.2, 0.25) is 0 Å². The molecule has 22 heavy (non-hydrogen) atoms. The van der Waals surface area contributed by atoms with E-state index in [4.69, 9.17) is 9.57 Å². The van der Waals surface area contributed by atoms with Crippen molar-refractivity contribution in [3.63, 3.8) is 0 Å². The lowest BCUT2D eigenvalue weighted by atomic mass is 10.0. The van der Waals surface area contributed by atoms with Crippen LogP contribution in [0.5, 0.6) is 0 Å². The molecule has 1 unspecified atom stereocenters. The molecule has 1 N–H and O–H groups in total. The summed E-state index contributed by atoms with van der Waals surface area (Å²) in [5.41, 5.74) is 0.604. The third-order valence-electron chi connectivity index (χ3n) is 3.53. The Kier molecular flexibility index (Phi) is 4.34. The van der Waals surface area contributed by atoms with E-state index in [-0.39, 0.29) is 11.8 Å². The van der Waals surface area contributed by atoms with Crippen molar-refractivity contribution in [3.05, 3.63) is 72.6 Å². The minimum atomic E-state index is -0.333. The van der Waals surface area contributed by atoms with Crippen molar-refractivity contribution in [2.75, 3.05) is 13.2 Å². The van der Waals surface area contributed by atoms with E-state index >= 15 is 0 Å². The minimum Gasteiger partial charge on any atom is -0.595 e. The highest BCUT2D eigenvalue weighted by Gasteiger charge is 2.14. The third-order valence-corrected chi connectivity index (χ3v) is 3.53. The zero-order valence-electron chi connectivity index (χ0n) is 12.1. The van der Waals surface area contributed by atoms with E-state index in [1.807, 2.05) is 48.5 Å². The Morgan fingerprint density at radius 3 is 2.14 bits per heavy atom. The normalized spacial score (nSPS) is 12.4. The molecule has 4 nitrogen and oxygen atoms in total. The standard InChI is InChI=1S/C18H17NO3/c1-2-21-11-12-22-19(20)18-16-9-5-3-7-14(16)13-15-8-4-6-10-17(15)18/h2-10,13,19H,1,11-12H2. The molecule has 0 saturated carbocycles. The molecule has 112 valence electrons. The van der Waals surface area contributed by atoms with Crippen LogP contribution in [0.4, 0.5) is 5.69 Å². The van der Waals surface area contributed by atoms with Crippen molar-refractivity contribution in [1.82, 2.24) is 0 Å². The number of hydrogen-bond donors (Lipinski definition) is 1. The van der Waals surface area contributed by atoms with E-state index < -0.39 is 0 Å². The van der Waals surface area contributed by atoms with Gasteiger partial charge in [-0.25, -0.2) is 0 Å². The van der Waals surface area contributed by atoms with Gasteiger partial charge in [-0.1, -0.05) is 43.0 Å². The zero-order chi connectivity index (χ0) is 15.4. The van der Waals surface area contributed by atoms with E-state index in [2.05, 4.69) is 12.6 Å². The lowest BCUT2D eigenvalue weighted by Gasteiger charge is -2.22. The van der Waals surface area contributed by atoms with E-state index in [0.29, 0.717) is 12.3 Å². The number of ether oxygens (including phenoxy) is 1. The van der Waals surface area contributed by atoms with Crippen LogP contribution in [0, 0.1) is 5.21 Å². The smallest absolute Gasteiger partial charge is 0.179 e. The van der Waals surface area contributed by atoms with Gasteiger partial charge in [0.05, 0.1) is 6.26 Å². The lowest BCUT2D eigenvalue weighted by molar-refractivity contribution is -0.996. The quantitative estimate of drug-likeness (QED) is 0.329. The Morgan fingerprint density at radius 2 is 1.55 bits per heavy atom. The van der Waals surface area contributed by atoms with Gasteiger partial charge in [0.25, 0.3) is 0 Å². The summed E-state index contributed by atoms with van der Waals surface area (Å²) in [4.78, 5) is 5.33. The summed E-state index contributed by atoms with van der Waals surface area (Å²) in [6, 6.07) is 17.7. The average Bonchev–Trinajstić information content (AvgIpc) is 2.56. The van der Waals surface area contributed by atoms with Gasteiger partial charge in [-0.2, -0.15) is 10.1 Å². The fourth-order valence-electron chi connectivity index (χ4n) is 2.57. The minimum absolute atomic E-state index is 0.197. The van der Waals surface area contributed by atoms with Crippen LogP contribution >= 0.6 is 0 Å². The predicted molar refractivity (Wildman–Crippen MR) is 87.5 cm³/mol. The molecule has 3 rings (SSSR count). The fraction of sp³-hybridized carbons (Fsp3) is 0.111. The molecule has 0 aliphatic heterocycles. The van der Waals surface area contributed by atoms with Crippen LogP contribution in [-0.4, -0.2) is 13.2 Å². The Morgan fingerprint density at radius 1 is 0.955 bits per heavy atom. The summed E-state index contributed by atoms with van der Waals surface area (Å²) >= 11 is 0. The molecule has 0 fully saturated rings. The molecule has 0 amide bonds. The molecular formula is C18H17NO3. The molecule has 0 aliphatic rings. The van der Waals surface area contributed by atoms with E-state index in [1.54, 1.807) is 0 Å². The first-order valence-corrected chi connectivity index (χ1v) is 7.11. The first-order chi connectivity index (χ1) is 10.8. The number of benzene rings is 3. The summed E-state index contributed by atoms with van der Waals surface area (Å²) in [6.07, 6.45) is 1.33. The van der Waals surface area contributed by atoms with Gasteiger partial charge in [0, 0.05) is 10.8 Å². The fourth-order valence-corrected chi connectivity index (χ4v) is 2.57. The summed E-state index contributed by atoms with van der Waals surface area (Å²) in [5, 5.41) is 16.0. The summed E-state index contributed by atoms with van der Waals surface area (Å²) in [7, 11) is 0. The maximum Gasteiger partial charge on any atom is 0.179 e. The number of rotatable bonds is 6. The molecule has 3 aromatic rings. The van der Waals surface area contributed by atoms with E-state index in [0.717, 1.165) is 21.5 Å². The Balaban J connectivity index is 2.05. The van der Waals surface area contributed by atoms with Crippen molar-refractivity contribution in [1.29, 1.82) is 0 Å². The first-order valence-electron chi connectivity index (χ1n) is 7.11. The Hall–Kier alpha value is -2.40. The highest BCUT2D eigenvalue weighted by molar-refractivity contribution is 6.07. The van der Waals surface area contributed by atoms with Gasteiger partial charge < -0.3 is 9.94 Å². The molecule has 0 heterocycles. The van der Waals surface area contributed by atoms with E-state index in [9.17, 15) is 5.21 Å². The second kappa shape index (κ2) is 6.58. The summed E-state index contributed by atoms with van der Waals surface area (Å²) < 4.78 is 4.98. The highest BCUT2D eigenvalue weighted by atomic mass is 16.9. The Labute approximate surface area is 128 Å². The van der Waals surface area contributed by atoms with Gasteiger partial charge in [0.1, 0.15) is 13.2 Å². The van der Waals surface area contributed by atoms with Crippen molar-refractivity contribution < 1.29 is 14.8 Å². The van der Waals surface area contributed by atoms with Crippen molar-refractivity contribution in [3.8, 4) is 0 Å². The van der Waals surface area contributed by atoms with Crippen LogP contribution in [0.3, 0.4) is 0 Å². The number of fused-ring (bicyclic) bond motifs is 2. The van der Waals surface area contributed by atoms with Gasteiger partial charge in [0.15, 0.2) is 5.69 Å². The first kappa shape index (κ1) is 14.5. The van der Waals surface area contributed by atoms with Gasteiger partial charge in [0.2, 0.25) is 0 Å². The van der Waals surface area contributed by atoms with Gasteiger partial charge in [-0.05, 0) is 29.0 Å². The van der Waals surface area contributed by atoms with Crippen LogP contribution in [-0.2, 0) is 9.57 Å². The molecule has 0 radical (unpaired) electrons. The molecule has 0 aromatic heterocycles. The molecule has 3 aromatic carbocycles. The second-order valence-electron chi connectivity index (χ2n) is 4.87. The van der Waals surface area contributed by atoms with Crippen LogP contribution in [0.15, 0.2) is 67.4 Å². The Bertz CT molecular complexity index is 747. The van der Waals surface area contributed by atoms with Crippen molar-refractivity contribution >= 4 is 27.2 Å². The van der Waals surface area contributed by atoms with Crippen molar-refractivity contribution in [2.24, 2.45) is 0 Å². The molecule has 0 saturated heterocycles. The molecule has 1 atom stereocenters. The summed E-state index contributed by atoms with van der Waals surface area (Å²) in [6.45, 7) is 3.95. The molecule has 4 heteroatoms. The zero-order valence-corrected chi connectivity index (χ0v) is 12.1. The highest BCUT2D eigenvalue weighted by Crippen LogP contribution is 2.30. The van der Waals surface area contributed by atoms with Gasteiger partial charge in [-0.15, -0.1) is 0 Å². The average molecular weight is 295 g/mol. The third kappa shape index (κ3) is 2.80. The van der Waals surface area contributed by atoms with Gasteiger partial charge in [-0.3, -0.25) is 0 Å². The number of quaternary nitrogens is 1. The molecule has 0 spiro atoms. The van der Waals surface area contributed by atoms with Crippen LogP contribution in [0.1, 0.15) is 0 Å². The largest absolute Gasteiger partial charge is 0.595 e. The van der Waals surface area contributed by atoms with Crippen molar-refractivity contribution in [2.45, 2.75) is 0 Å². The number of hydrogen-bond acceptors (Lipinski definition) is 3. The topological polar surface area (TPSA) is 46.0 Å². The van der Waals surface area contributed by atoms with Gasteiger partial charge >= 0.3 is 0 Å². The predicted octanol–water partition coefficient (Wildman–Crippen LogP) is 3.10. The maximum atomic E-state index is 12.5. The van der Waals surface area contributed by atoms with Crippen LogP contribution in [0.25, 0.3) is 21.5 Å². The summed E-state index contributed by atoms with van der Waals surface area (Å²) in [5.74, 6) is 0. The lowest BCUT2D eigenvalue weighted by Crippen LogP contribution is -3.01. The molecule has 0 bridgehead atoms. The van der Waals surface area contributed by atoms with E-state index in [1.165, 1.54) is 6.26 Å². The second-order valence-corrected chi connectivity index (χ2v) is 4.87. The maximum absolute atomic E-state index is 12.5. The SMILES string of the molecule is C=COCCO[NH+]([O-])c1c2ccccc2cc2ccccc12. The van der Waals surface area contributed by atoms with Crippen LogP contribution < -0.4 is 5.23 Å².